The molecule has 1 aromatic rings. The lowest BCUT2D eigenvalue weighted by atomic mass is 9.94. The van der Waals surface area contributed by atoms with Gasteiger partial charge in [0.1, 0.15) is 6.07 Å². The summed E-state index contributed by atoms with van der Waals surface area (Å²) in [6, 6.07) is 10.8. The van der Waals surface area contributed by atoms with Gasteiger partial charge in [-0.1, -0.05) is 31.4 Å². The molecule has 2 saturated heterocycles. The molecule has 3 aliphatic rings. The predicted molar refractivity (Wildman–Crippen MR) is 107 cm³/mol. The van der Waals surface area contributed by atoms with Crippen LogP contribution < -0.4 is 4.90 Å². The maximum Gasteiger partial charge on any atom is 0.227 e. The molecule has 1 atom stereocenters. The van der Waals surface area contributed by atoms with E-state index in [-0.39, 0.29) is 5.92 Å². The topological polar surface area (TPSA) is 50.6 Å². The van der Waals surface area contributed by atoms with E-state index in [9.17, 15) is 10.1 Å². The van der Waals surface area contributed by atoms with Crippen molar-refractivity contribution in [2.45, 2.75) is 44.6 Å². The van der Waals surface area contributed by atoms with Crippen molar-refractivity contribution in [3.8, 4) is 6.07 Å². The highest BCUT2D eigenvalue weighted by Crippen LogP contribution is 2.29. The third-order valence-electron chi connectivity index (χ3n) is 6.62. The van der Waals surface area contributed by atoms with Crippen LogP contribution in [0.3, 0.4) is 0 Å². The zero-order valence-electron chi connectivity index (χ0n) is 16.1. The molecule has 144 valence electrons. The summed E-state index contributed by atoms with van der Waals surface area (Å²) in [6.07, 6.45) is 7.74. The quantitative estimate of drug-likeness (QED) is 0.825. The van der Waals surface area contributed by atoms with Crippen LogP contribution in [-0.2, 0) is 4.79 Å². The molecule has 1 aromatic carbocycles. The molecule has 1 amide bonds. The molecular formula is C22H30N4O. The molecule has 1 saturated carbocycles. The number of piperazine rings is 1. The van der Waals surface area contributed by atoms with Crippen molar-refractivity contribution in [3.05, 3.63) is 29.8 Å². The Morgan fingerprint density at radius 2 is 1.70 bits per heavy atom. The van der Waals surface area contributed by atoms with Crippen LogP contribution in [0.25, 0.3) is 0 Å². The second kappa shape index (κ2) is 8.31. The highest BCUT2D eigenvalue weighted by molar-refractivity contribution is 5.79. The van der Waals surface area contributed by atoms with Crippen LogP contribution in [0, 0.1) is 17.2 Å². The fourth-order valence-corrected chi connectivity index (χ4v) is 5.04. The van der Waals surface area contributed by atoms with E-state index in [1.807, 2.05) is 24.3 Å². The van der Waals surface area contributed by atoms with E-state index in [1.165, 1.54) is 32.1 Å². The summed E-state index contributed by atoms with van der Waals surface area (Å²) in [5, 5.41) is 9.32. The summed E-state index contributed by atoms with van der Waals surface area (Å²) in [6.45, 7) is 5.20. The maximum absolute atomic E-state index is 13.0. The molecule has 2 aliphatic heterocycles. The molecule has 3 fully saturated rings. The number of benzene rings is 1. The van der Waals surface area contributed by atoms with Crippen LogP contribution in [0.15, 0.2) is 24.3 Å². The van der Waals surface area contributed by atoms with Gasteiger partial charge in [-0.05, 0) is 37.9 Å². The summed E-state index contributed by atoms with van der Waals surface area (Å²) < 4.78 is 0. The molecule has 1 unspecified atom stereocenters. The van der Waals surface area contributed by atoms with Gasteiger partial charge in [-0.3, -0.25) is 9.69 Å². The van der Waals surface area contributed by atoms with Gasteiger partial charge in [0.2, 0.25) is 5.91 Å². The van der Waals surface area contributed by atoms with E-state index in [1.54, 1.807) is 0 Å². The number of hydrogen-bond donors (Lipinski definition) is 0. The molecule has 5 heteroatoms. The Kier molecular flexibility index (Phi) is 5.63. The monoisotopic (exact) mass is 366 g/mol. The number of para-hydroxylation sites is 1. The lowest BCUT2D eigenvalue weighted by molar-refractivity contribution is -0.135. The summed E-state index contributed by atoms with van der Waals surface area (Å²) in [5.41, 5.74) is 1.72. The Morgan fingerprint density at radius 1 is 0.963 bits per heavy atom. The largest absolute Gasteiger partial charge is 0.367 e. The second-order valence-corrected chi connectivity index (χ2v) is 8.21. The van der Waals surface area contributed by atoms with Gasteiger partial charge in [-0.25, -0.2) is 0 Å². The van der Waals surface area contributed by atoms with Gasteiger partial charge in [0.05, 0.1) is 17.2 Å². The van der Waals surface area contributed by atoms with Crippen molar-refractivity contribution in [2.24, 2.45) is 5.92 Å². The van der Waals surface area contributed by atoms with E-state index in [0.29, 0.717) is 5.91 Å². The van der Waals surface area contributed by atoms with Gasteiger partial charge >= 0.3 is 0 Å². The zero-order valence-corrected chi connectivity index (χ0v) is 16.1. The third-order valence-corrected chi connectivity index (χ3v) is 6.62. The normalized spacial score (nSPS) is 24.8. The first-order chi connectivity index (χ1) is 13.3. The Bertz CT molecular complexity index is 699. The van der Waals surface area contributed by atoms with Gasteiger partial charge in [0, 0.05) is 38.8 Å². The SMILES string of the molecule is N#Cc1ccccc1N1CCN(C(=O)C2CCN(C3CCCCC3)C2)CC1. The van der Waals surface area contributed by atoms with Crippen molar-refractivity contribution in [1.29, 1.82) is 5.26 Å². The van der Waals surface area contributed by atoms with Crippen LogP contribution in [0.2, 0.25) is 0 Å². The highest BCUT2D eigenvalue weighted by atomic mass is 16.2. The minimum absolute atomic E-state index is 0.185. The number of carbonyl (C=O) groups excluding carboxylic acids is 1. The third kappa shape index (κ3) is 3.96. The first-order valence-corrected chi connectivity index (χ1v) is 10.5. The van der Waals surface area contributed by atoms with Gasteiger partial charge in [0.25, 0.3) is 0 Å². The fourth-order valence-electron chi connectivity index (χ4n) is 5.04. The van der Waals surface area contributed by atoms with Gasteiger partial charge in [-0.2, -0.15) is 5.26 Å². The number of anilines is 1. The van der Waals surface area contributed by atoms with E-state index in [4.69, 9.17) is 0 Å². The fraction of sp³-hybridized carbons (Fsp3) is 0.636. The first kappa shape index (κ1) is 18.3. The number of amides is 1. The molecule has 27 heavy (non-hydrogen) atoms. The Morgan fingerprint density at radius 3 is 2.44 bits per heavy atom. The zero-order chi connectivity index (χ0) is 18.6. The van der Waals surface area contributed by atoms with Crippen LogP contribution in [0.4, 0.5) is 5.69 Å². The minimum Gasteiger partial charge on any atom is -0.367 e. The molecule has 0 spiro atoms. The number of nitrogens with zero attached hydrogens (tertiary/aromatic N) is 4. The number of likely N-dealkylation sites (tertiary alicyclic amines) is 1. The number of carbonyl (C=O) groups is 1. The molecule has 0 aromatic heterocycles. The van der Waals surface area contributed by atoms with Crippen molar-refractivity contribution < 1.29 is 4.79 Å². The number of nitriles is 1. The van der Waals surface area contributed by atoms with Crippen molar-refractivity contribution in [2.75, 3.05) is 44.2 Å². The summed E-state index contributed by atoms with van der Waals surface area (Å²) >= 11 is 0. The van der Waals surface area contributed by atoms with Gasteiger partial charge in [-0.15, -0.1) is 0 Å². The van der Waals surface area contributed by atoms with Crippen LogP contribution in [-0.4, -0.2) is 61.0 Å². The summed E-state index contributed by atoms with van der Waals surface area (Å²) in [7, 11) is 0. The molecular weight excluding hydrogens is 336 g/mol. The van der Waals surface area contributed by atoms with Crippen molar-refractivity contribution in [1.82, 2.24) is 9.80 Å². The molecule has 5 nitrogen and oxygen atoms in total. The lowest BCUT2D eigenvalue weighted by Gasteiger charge is -2.37. The predicted octanol–water partition coefficient (Wildman–Crippen LogP) is 2.86. The van der Waals surface area contributed by atoms with Crippen molar-refractivity contribution >= 4 is 11.6 Å². The summed E-state index contributed by atoms with van der Waals surface area (Å²) in [4.78, 5) is 19.9. The average molecular weight is 367 g/mol. The first-order valence-electron chi connectivity index (χ1n) is 10.5. The molecule has 0 bridgehead atoms. The molecule has 0 N–H and O–H groups in total. The molecule has 1 aliphatic carbocycles. The van der Waals surface area contributed by atoms with Crippen LogP contribution in [0.1, 0.15) is 44.1 Å². The Balaban J connectivity index is 1.31. The second-order valence-electron chi connectivity index (χ2n) is 8.21. The van der Waals surface area contributed by atoms with E-state index >= 15 is 0 Å². The van der Waals surface area contributed by atoms with E-state index in [2.05, 4.69) is 20.8 Å². The van der Waals surface area contributed by atoms with E-state index < -0.39 is 0 Å². The van der Waals surface area contributed by atoms with Crippen molar-refractivity contribution in [3.63, 3.8) is 0 Å². The summed E-state index contributed by atoms with van der Waals surface area (Å²) in [5.74, 6) is 0.534. The van der Waals surface area contributed by atoms with E-state index in [0.717, 1.165) is 63.0 Å². The van der Waals surface area contributed by atoms with Gasteiger partial charge < -0.3 is 9.80 Å². The van der Waals surface area contributed by atoms with Gasteiger partial charge in [0.15, 0.2) is 0 Å². The maximum atomic E-state index is 13.0. The minimum atomic E-state index is 0.185. The Labute approximate surface area is 162 Å². The van der Waals surface area contributed by atoms with Crippen LogP contribution >= 0.6 is 0 Å². The highest BCUT2D eigenvalue weighted by Gasteiger charge is 2.35. The average Bonchev–Trinajstić information content (AvgIpc) is 3.24. The van der Waals surface area contributed by atoms with Crippen LogP contribution in [0.5, 0.6) is 0 Å². The lowest BCUT2D eigenvalue weighted by Crippen LogP contribution is -2.51. The number of hydrogen-bond acceptors (Lipinski definition) is 4. The molecule has 2 heterocycles. The Hall–Kier alpha value is -2.06. The molecule has 0 radical (unpaired) electrons. The molecule has 4 rings (SSSR count). The number of rotatable bonds is 3. The smallest absolute Gasteiger partial charge is 0.227 e. The standard InChI is InChI=1S/C22H30N4O/c23-16-18-6-4-5-9-21(18)24-12-14-25(15-13-24)22(27)19-10-11-26(17-19)20-7-2-1-3-8-20/h4-6,9,19-20H,1-3,7-8,10-15,17H2.